The number of rotatable bonds is 0. The Morgan fingerprint density at radius 3 is 3.42 bits per heavy atom. The van der Waals surface area contributed by atoms with Crippen molar-refractivity contribution in [2.75, 3.05) is 13.1 Å². The summed E-state index contributed by atoms with van der Waals surface area (Å²) >= 11 is 0. The topological polar surface area (TPSA) is 40.7 Å². The van der Waals surface area contributed by atoms with E-state index in [1.807, 2.05) is 6.20 Å². The van der Waals surface area contributed by atoms with E-state index in [4.69, 9.17) is 0 Å². The molecular weight excluding hydrogens is 150 g/mol. The zero-order valence-electron chi connectivity index (χ0n) is 7.01. The molecule has 0 amide bonds. The molecule has 2 atom stereocenters. The summed E-state index contributed by atoms with van der Waals surface area (Å²) in [6, 6.07) is 0. The van der Waals surface area contributed by atoms with Gasteiger partial charge in [0, 0.05) is 18.2 Å². The summed E-state index contributed by atoms with van der Waals surface area (Å²) in [6.45, 7) is 2.34. The summed E-state index contributed by atoms with van der Waals surface area (Å²) in [4.78, 5) is 0. The predicted octanol–water partition coefficient (Wildman–Crippen LogP) is 0.659. The third-order valence-electron chi connectivity index (χ3n) is 3.25. The minimum atomic E-state index is 0.719. The van der Waals surface area contributed by atoms with Gasteiger partial charge < -0.3 is 5.32 Å². The van der Waals surface area contributed by atoms with Gasteiger partial charge >= 0.3 is 0 Å². The van der Waals surface area contributed by atoms with Crippen molar-refractivity contribution in [2.24, 2.45) is 5.92 Å². The van der Waals surface area contributed by atoms with E-state index < -0.39 is 0 Å². The molecule has 0 unspecified atom stereocenters. The summed E-state index contributed by atoms with van der Waals surface area (Å²) in [6.07, 6.45) is 4.54. The average molecular weight is 163 g/mol. The first-order chi connectivity index (χ1) is 5.95. The number of aromatic nitrogens is 2. The van der Waals surface area contributed by atoms with Crippen LogP contribution in [0.3, 0.4) is 0 Å². The number of hydrogen-bond acceptors (Lipinski definition) is 2. The molecule has 1 saturated heterocycles. The standard InChI is InChI=1S/C9H13N3/c1-2-7-4-11-12-9(7)8-5-10-3-6(1)8/h4,6,8,10H,1-3,5H2,(H,11,12)/t6-,8+/m0/s1. The number of hydrogen-bond donors (Lipinski definition) is 2. The highest BCUT2D eigenvalue weighted by molar-refractivity contribution is 5.26. The van der Waals surface area contributed by atoms with Crippen LogP contribution in [0.2, 0.25) is 0 Å². The quantitative estimate of drug-likeness (QED) is 0.590. The van der Waals surface area contributed by atoms with E-state index >= 15 is 0 Å². The third kappa shape index (κ3) is 0.771. The monoisotopic (exact) mass is 163 g/mol. The van der Waals surface area contributed by atoms with Crippen LogP contribution in [0, 0.1) is 5.92 Å². The van der Waals surface area contributed by atoms with Crippen LogP contribution >= 0.6 is 0 Å². The Morgan fingerprint density at radius 1 is 1.42 bits per heavy atom. The molecule has 1 aromatic heterocycles. The summed E-state index contributed by atoms with van der Waals surface area (Å²) in [5.74, 6) is 1.58. The minimum Gasteiger partial charge on any atom is -0.316 e. The lowest BCUT2D eigenvalue weighted by molar-refractivity contribution is 0.445. The molecule has 1 aliphatic carbocycles. The number of H-pyrrole nitrogens is 1. The number of nitrogens with zero attached hydrogens (tertiary/aromatic N) is 1. The molecule has 0 aromatic carbocycles. The normalized spacial score (nSPS) is 33.0. The maximum atomic E-state index is 4.11. The van der Waals surface area contributed by atoms with Crippen molar-refractivity contribution in [1.82, 2.24) is 15.5 Å². The maximum absolute atomic E-state index is 4.11. The van der Waals surface area contributed by atoms with Crippen LogP contribution in [0.5, 0.6) is 0 Å². The fraction of sp³-hybridized carbons (Fsp3) is 0.667. The van der Waals surface area contributed by atoms with Gasteiger partial charge in [-0.05, 0) is 30.9 Å². The predicted molar refractivity (Wildman–Crippen MR) is 46.0 cm³/mol. The van der Waals surface area contributed by atoms with Crippen molar-refractivity contribution < 1.29 is 0 Å². The van der Waals surface area contributed by atoms with Crippen LogP contribution in [0.25, 0.3) is 0 Å². The molecule has 1 aromatic rings. The van der Waals surface area contributed by atoms with Gasteiger partial charge in [-0.25, -0.2) is 0 Å². The van der Waals surface area contributed by atoms with Crippen LogP contribution in [-0.4, -0.2) is 23.3 Å². The zero-order chi connectivity index (χ0) is 7.97. The number of aryl methyl sites for hydroxylation is 1. The molecule has 12 heavy (non-hydrogen) atoms. The molecular formula is C9H13N3. The van der Waals surface area contributed by atoms with E-state index in [1.165, 1.54) is 30.6 Å². The smallest absolute Gasteiger partial charge is 0.0522 e. The largest absolute Gasteiger partial charge is 0.316 e. The SMILES string of the molecule is c1n[nH]c2c1CC[C@H]1CNC[C@@H]21. The van der Waals surface area contributed by atoms with Crippen LogP contribution in [-0.2, 0) is 6.42 Å². The maximum Gasteiger partial charge on any atom is 0.0522 e. The molecule has 3 rings (SSSR count). The molecule has 0 bridgehead atoms. The van der Waals surface area contributed by atoms with Crippen molar-refractivity contribution in [3.8, 4) is 0 Å². The fourth-order valence-electron chi connectivity index (χ4n) is 2.56. The lowest BCUT2D eigenvalue weighted by Gasteiger charge is -2.23. The van der Waals surface area contributed by atoms with Gasteiger partial charge in [-0.1, -0.05) is 0 Å². The van der Waals surface area contributed by atoms with Crippen LogP contribution in [0.1, 0.15) is 23.6 Å². The second-order valence-corrected chi connectivity index (χ2v) is 3.87. The van der Waals surface area contributed by atoms with Crippen molar-refractivity contribution in [3.63, 3.8) is 0 Å². The first-order valence-corrected chi connectivity index (χ1v) is 4.68. The molecule has 0 radical (unpaired) electrons. The van der Waals surface area contributed by atoms with Crippen molar-refractivity contribution in [3.05, 3.63) is 17.5 Å². The zero-order valence-corrected chi connectivity index (χ0v) is 7.01. The fourth-order valence-corrected chi connectivity index (χ4v) is 2.56. The van der Waals surface area contributed by atoms with Crippen molar-refractivity contribution in [1.29, 1.82) is 0 Å². The molecule has 1 fully saturated rings. The summed E-state index contributed by atoms with van der Waals surface area (Å²) in [7, 11) is 0. The molecule has 2 N–H and O–H groups in total. The lowest BCUT2D eigenvalue weighted by Crippen LogP contribution is -2.18. The Bertz CT molecular complexity index is 292. The van der Waals surface area contributed by atoms with Crippen LogP contribution < -0.4 is 5.32 Å². The first-order valence-electron chi connectivity index (χ1n) is 4.68. The molecule has 64 valence electrons. The Morgan fingerprint density at radius 2 is 2.42 bits per heavy atom. The summed E-state index contributed by atoms with van der Waals surface area (Å²) in [5.41, 5.74) is 2.84. The summed E-state index contributed by atoms with van der Waals surface area (Å²) < 4.78 is 0. The van der Waals surface area contributed by atoms with Gasteiger partial charge in [0.25, 0.3) is 0 Å². The molecule has 2 aliphatic rings. The molecule has 2 heterocycles. The van der Waals surface area contributed by atoms with Crippen LogP contribution in [0.15, 0.2) is 6.20 Å². The van der Waals surface area contributed by atoms with Gasteiger partial charge in [0.15, 0.2) is 0 Å². The highest BCUT2D eigenvalue weighted by Crippen LogP contribution is 2.36. The molecule has 3 nitrogen and oxygen atoms in total. The van der Waals surface area contributed by atoms with Gasteiger partial charge in [0.2, 0.25) is 0 Å². The van der Waals surface area contributed by atoms with E-state index in [9.17, 15) is 0 Å². The Labute approximate surface area is 71.6 Å². The van der Waals surface area contributed by atoms with E-state index in [1.54, 1.807) is 0 Å². The number of nitrogens with one attached hydrogen (secondary N) is 2. The molecule has 0 saturated carbocycles. The Balaban J connectivity index is 2.04. The Kier molecular flexibility index (Phi) is 1.29. The second-order valence-electron chi connectivity index (χ2n) is 3.87. The van der Waals surface area contributed by atoms with Gasteiger partial charge in [-0.15, -0.1) is 0 Å². The highest BCUT2D eigenvalue weighted by atomic mass is 15.1. The van der Waals surface area contributed by atoms with E-state index in [2.05, 4.69) is 15.5 Å². The first kappa shape index (κ1) is 6.66. The molecule has 3 heteroatoms. The third-order valence-corrected chi connectivity index (χ3v) is 3.25. The minimum absolute atomic E-state index is 0.719. The average Bonchev–Trinajstić information content (AvgIpc) is 2.71. The van der Waals surface area contributed by atoms with Gasteiger partial charge in [0.05, 0.1) is 6.20 Å². The Hall–Kier alpha value is -0.830. The second kappa shape index (κ2) is 2.33. The molecule has 1 aliphatic heterocycles. The number of fused-ring (bicyclic) bond motifs is 3. The summed E-state index contributed by atoms with van der Waals surface area (Å²) in [5, 5.41) is 10.7. The van der Waals surface area contributed by atoms with Crippen LogP contribution in [0.4, 0.5) is 0 Å². The van der Waals surface area contributed by atoms with Gasteiger partial charge in [-0.2, -0.15) is 5.10 Å². The van der Waals surface area contributed by atoms with Crippen molar-refractivity contribution in [2.45, 2.75) is 18.8 Å². The lowest BCUT2D eigenvalue weighted by atomic mass is 9.81. The van der Waals surface area contributed by atoms with Gasteiger partial charge in [-0.3, -0.25) is 5.10 Å². The highest BCUT2D eigenvalue weighted by Gasteiger charge is 2.34. The molecule has 0 spiro atoms. The van der Waals surface area contributed by atoms with E-state index in [0.29, 0.717) is 0 Å². The van der Waals surface area contributed by atoms with E-state index in [-0.39, 0.29) is 0 Å². The van der Waals surface area contributed by atoms with Gasteiger partial charge in [0.1, 0.15) is 0 Å². The number of aromatic amines is 1. The van der Waals surface area contributed by atoms with Crippen molar-refractivity contribution >= 4 is 0 Å². The van der Waals surface area contributed by atoms with E-state index in [0.717, 1.165) is 18.4 Å².